The quantitative estimate of drug-likeness (QED) is 0.609. The Morgan fingerprint density at radius 3 is 2.74 bits per heavy atom. The van der Waals surface area contributed by atoms with E-state index in [0.29, 0.717) is 12.3 Å². The Morgan fingerprint density at radius 2 is 2.00 bits per heavy atom. The molecule has 5 heteroatoms. The fraction of sp³-hybridized carbons (Fsp3) is 0.615. The van der Waals surface area contributed by atoms with E-state index in [0.717, 1.165) is 61.6 Å². The molecule has 1 amide bonds. The van der Waals surface area contributed by atoms with Gasteiger partial charge in [-0.3, -0.25) is 4.79 Å². The Labute approximate surface area is 185 Å². The molecule has 4 rings (SSSR count). The number of ether oxygens (including phenoxy) is 1. The molecular weight excluding hydrogens is 388 g/mol. The fourth-order valence-corrected chi connectivity index (χ4v) is 5.87. The van der Waals surface area contributed by atoms with Gasteiger partial charge in [-0.25, -0.2) is 0 Å². The highest BCUT2D eigenvalue weighted by Crippen LogP contribution is 2.40. The summed E-state index contributed by atoms with van der Waals surface area (Å²) < 4.78 is 8.24. The summed E-state index contributed by atoms with van der Waals surface area (Å²) in [6.45, 7) is 7.06. The van der Waals surface area contributed by atoms with Gasteiger partial charge in [0.05, 0.1) is 11.6 Å². The van der Waals surface area contributed by atoms with Gasteiger partial charge < -0.3 is 19.0 Å². The van der Waals surface area contributed by atoms with Crippen molar-refractivity contribution in [2.45, 2.75) is 77.4 Å². The zero-order chi connectivity index (χ0) is 22.1. The van der Waals surface area contributed by atoms with Crippen molar-refractivity contribution in [2.75, 3.05) is 6.54 Å². The Morgan fingerprint density at radius 1 is 1.19 bits per heavy atom. The zero-order valence-electron chi connectivity index (χ0n) is 19.3. The monoisotopic (exact) mass is 424 g/mol. The van der Waals surface area contributed by atoms with Crippen molar-refractivity contribution in [3.63, 3.8) is 0 Å². The van der Waals surface area contributed by atoms with Crippen molar-refractivity contribution in [1.82, 2.24) is 9.47 Å². The minimum atomic E-state index is 0.0953. The van der Waals surface area contributed by atoms with Gasteiger partial charge in [0.2, 0.25) is 5.91 Å². The summed E-state index contributed by atoms with van der Waals surface area (Å²) in [5.41, 5.74) is 2.30. The van der Waals surface area contributed by atoms with Gasteiger partial charge >= 0.3 is 0 Å². The Hall–Kier alpha value is -2.30. The molecule has 1 aromatic carbocycles. The van der Waals surface area contributed by atoms with Gasteiger partial charge in [-0.1, -0.05) is 19.4 Å². The maximum atomic E-state index is 13.4. The van der Waals surface area contributed by atoms with Crippen LogP contribution in [-0.4, -0.2) is 40.4 Å². The van der Waals surface area contributed by atoms with E-state index in [1.165, 1.54) is 5.56 Å². The van der Waals surface area contributed by atoms with Crippen LogP contribution >= 0.6 is 0 Å². The highest BCUT2D eigenvalue weighted by Gasteiger charge is 2.40. The molecule has 2 fully saturated rings. The molecule has 2 aromatic rings. The predicted octanol–water partition coefficient (Wildman–Crippen LogP) is 5.07. The van der Waals surface area contributed by atoms with Gasteiger partial charge in [0.15, 0.2) is 0 Å². The molecule has 1 saturated heterocycles. The van der Waals surface area contributed by atoms with Crippen molar-refractivity contribution in [1.29, 1.82) is 0 Å². The predicted molar refractivity (Wildman–Crippen MR) is 123 cm³/mol. The molecule has 0 bridgehead atoms. The molecular formula is C26H36N2O3. The topological polar surface area (TPSA) is 51.5 Å². The van der Waals surface area contributed by atoms with Crippen LogP contribution in [0.4, 0.5) is 0 Å². The van der Waals surface area contributed by atoms with Crippen molar-refractivity contribution in [3.8, 4) is 5.75 Å². The number of carbonyl (C=O) groups excluding carboxylic acids is 2. The van der Waals surface area contributed by atoms with Crippen LogP contribution in [0.2, 0.25) is 0 Å². The summed E-state index contributed by atoms with van der Waals surface area (Å²) in [6, 6.07) is 6.40. The van der Waals surface area contributed by atoms with E-state index in [9.17, 15) is 9.59 Å². The van der Waals surface area contributed by atoms with Crippen LogP contribution in [0.5, 0.6) is 5.75 Å². The summed E-state index contributed by atoms with van der Waals surface area (Å²) in [5, 5.41) is 1.12. The third-order valence-corrected chi connectivity index (χ3v) is 7.29. The lowest BCUT2D eigenvalue weighted by Gasteiger charge is -2.46. The SMILES string of the molecule is CC(C)Oc1cccc2c1c(C(C)CC(=O)N1CCCC3C(C=O)CCCC31)cn2C. The smallest absolute Gasteiger partial charge is 0.223 e. The summed E-state index contributed by atoms with van der Waals surface area (Å²) in [7, 11) is 2.05. The number of likely N-dealkylation sites (tertiary alicyclic amines) is 1. The zero-order valence-corrected chi connectivity index (χ0v) is 19.3. The number of amides is 1. The maximum Gasteiger partial charge on any atom is 0.223 e. The number of aromatic nitrogens is 1. The van der Waals surface area contributed by atoms with E-state index < -0.39 is 0 Å². The summed E-state index contributed by atoms with van der Waals surface area (Å²) in [6.07, 6.45) is 9.02. The van der Waals surface area contributed by atoms with E-state index in [1.807, 2.05) is 26.0 Å². The molecule has 1 aromatic heterocycles. The summed E-state index contributed by atoms with van der Waals surface area (Å²) in [4.78, 5) is 27.1. The van der Waals surface area contributed by atoms with E-state index in [2.05, 4.69) is 35.7 Å². The normalized spacial score (nSPS) is 24.8. The number of nitrogens with zero attached hydrogens (tertiary/aromatic N) is 2. The second-order valence-corrected chi connectivity index (χ2v) is 9.81. The van der Waals surface area contributed by atoms with Crippen LogP contribution in [0.1, 0.15) is 70.8 Å². The minimum absolute atomic E-state index is 0.0953. The first-order chi connectivity index (χ1) is 14.9. The molecule has 0 spiro atoms. The third-order valence-electron chi connectivity index (χ3n) is 7.29. The fourth-order valence-electron chi connectivity index (χ4n) is 5.87. The van der Waals surface area contributed by atoms with Crippen molar-refractivity contribution < 1.29 is 14.3 Å². The molecule has 0 radical (unpaired) electrons. The summed E-state index contributed by atoms with van der Waals surface area (Å²) in [5.74, 6) is 1.69. The van der Waals surface area contributed by atoms with Crippen molar-refractivity contribution in [2.24, 2.45) is 18.9 Å². The van der Waals surface area contributed by atoms with Crippen LogP contribution in [-0.2, 0) is 16.6 Å². The molecule has 1 aliphatic carbocycles. The molecule has 0 N–H and O–H groups in total. The lowest BCUT2D eigenvalue weighted by atomic mass is 9.71. The van der Waals surface area contributed by atoms with Crippen LogP contribution in [0.25, 0.3) is 10.9 Å². The number of piperidine rings is 1. The third kappa shape index (κ3) is 4.24. The molecule has 31 heavy (non-hydrogen) atoms. The van der Waals surface area contributed by atoms with Gasteiger partial charge in [0, 0.05) is 43.6 Å². The molecule has 2 heterocycles. The largest absolute Gasteiger partial charge is 0.490 e. The molecule has 1 aliphatic heterocycles. The number of carbonyl (C=O) groups is 2. The first-order valence-corrected chi connectivity index (χ1v) is 11.9. The number of hydrogen-bond acceptors (Lipinski definition) is 3. The lowest BCUT2D eigenvalue weighted by Crippen LogP contribution is -2.52. The number of aryl methyl sites for hydroxylation is 1. The van der Waals surface area contributed by atoms with Gasteiger partial charge in [0.1, 0.15) is 12.0 Å². The highest BCUT2D eigenvalue weighted by atomic mass is 16.5. The molecule has 5 nitrogen and oxygen atoms in total. The van der Waals surface area contributed by atoms with Crippen molar-refractivity contribution in [3.05, 3.63) is 30.0 Å². The number of rotatable bonds is 6. The first kappa shape index (κ1) is 21.9. The average molecular weight is 425 g/mol. The van der Waals surface area contributed by atoms with E-state index >= 15 is 0 Å². The van der Waals surface area contributed by atoms with Crippen LogP contribution < -0.4 is 4.74 Å². The van der Waals surface area contributed by atoms with Crippen LogP contribution in [0, 0.1) is 11.8 Å². The Balaban J connectivity index is 1.57. The number of fused-ring (bicyclic) bond motifs is 2. The van der Waals surface area contributed by atoms with Crippen LogP contribution in [0.15, 0.2) is 24.4 Å². The Bertz CT molecular complexity index is 948. The number of aldehydes is 1. The number of hydrogen-bond donors (Lipinski definition) is 0. The van der Waals surface area contributed by atoms with Gasteiger partial charge in [-0.15, -0.1) is 0 Å². The molecule has 2 aliphatic rings. The van der Waals surface area contributed by atoms with E-state index in [4.69, 9.17) is 4.74 Å². The first-order valence-electron chi connectivity index (χ1n) is 11.9. The molecule has 4 unspecified atom stereocenters. The number of benzene rings is 1. The highest BCUT2D eigenvalue weighted by molar-refractivity contribution is 5.91. The van der Waals surface area contributed by atoms with Gasteiger partial charge in [-0.05, 0) is 69.1 Å². The van der Waals surface area contributed by atoms with Crippen LogP contribution in [0.3, 0.4) is 0 Å². The second-order valence-electron chi connectivity index (χ2n) is 9.81. The van der Waals surface area contributed by atoms with Crippen molar-refractivity contribution >= 4 is 23.1 Å². The minimum Gasteiger partial charge on any atom is -0.490 e. The Kier molecular flexibility index (Phi) is 6.40. The molecule has 168 valence electrons. The summed E-state index contributed by atoms with van der Waals surface area (Å²) >= 11 is 0. The standard InChI is InChI=1S/C26H36N2O3/c1-17(2)31-24-12-6-11-23-26(24)21(15-27(23)4)18(3)14-25(30)28-13-7-9-20-19(16-29)8-5-10-22(20)28/h6,11-12,15-20,22H,5,7-10,13-14H2,1-4H3. The lowest BCUT2D eigenvalue weighted by molar-refractivity contribution is -0.140. The van der Waals surface area contributed by atoms with E-state index in [-0.39, 0.29) is 29.9 Å². The van der Waals surface area contributed by atoms with E-state index in [1.54, 1.807) is 0 Å². The molecule has 1 saturated carbocycles. The molecule has 4 atom stereocenters. The second kappa shape index (κ2) is 9.05. The maximum absolute atomic E-state index is 13.4. The average Bonchev–Trinajstić information content (AvgIpc) is 3.10. The van der Waals surface area contributed by atoms with Gasteiger partial charge in [0.25, 0.3) is 0 Å². The van der Waals surface area contributed by atoms with Gasteiger partial charge in [-0.2, -0.15) is 0 Å².